The van der Waals surface area contributed by atoms with Crippen LogP contribution in [0.1, 0.15) is 31.5 Å². The van der Waals surface area contributed by atoms with Crippen molar-refractivity contribution in [2.24, 2.45) is 0 Å². The number of imidazole rings is 1. The zero-order valence-corrected chi connectivity index (χ0v) is 9.85. The van der Waals surface area contributed by atoms with E-state index in [0.717, 1.165) is 19.3 Å². The van der Waals surface area contributed by atoms with Gasteiger partial charge in [-0.25, -0.2) is 4.98 Å². The van der Waals surface area contributed by atoms with Gasteiger partial charge in [-0.3, -0.25) is 9.59 Å². The maximum absolute atomic E-state index is 11.7. The van der Waals surface area contributed by atoms with Crippen LogP contribution in [0.15, 0.2) is 18.5 Å². The van der Waals surface area contributed by atoms with E-state index in [9.17, 15) is 9.59 Å². The van der Waals surface area contributed by atoms with Crippen LogP contribution < -0.4 is 5.32 Å². The zero-order chi connectivity index (χ0) is 13.0. The molecule has 1 heterocycles. The molecule has 0 atom stereocenters. The number of amides is 1. The van der Waals surface area contributed by atoms with Crippen LogP contribution in [0.5, 0.6) is 0 Å². The molecule has 0 aromatic carbocycles. The first-order valence-corrected chi connectivity index (χ1v) is 5.81. The van der Waals surface area contributed by atoms with Gasteiger partial charge < -0.3 is 15.4 Å². The molecule has 3 N–H and O–H groups in total. The lowest BCUT2D eigenvalue weighted by molar-refractivity contribution is -0.140. The van der Waals surface area contributed by atoms with Crippen LogP contribution in [0, 0.1) is 0 Å². The number of aromatic nitrogens is 2. The van der Waals surface area contributed by atoms with Crippen molar-refractivity contribution in [3.63, 3.8) is 0 Å². The highest BCUT2D eigenvalue weighted by atomic mass is 16.4. The summed E-state index contributed by atoms with van der Waals surface area (Å²) < 4.78 is 0. The van der Waals surface area contributed by atoms with Gasteiger partial charge in [0.25, 0.3) is 0 Å². The number of rotatable bonds is 5. The number of carbonyl (C=O) groups is 2. The number of hydrogen-bond acceptors (Lipinski definition) is 3. The lowest BCUT2D eigenvalue weighted by atomic mass is 9.74. The Morgan fingerprint density at radius 2 is 2.33 bits per heavy atom. The lowest BCUT2D eigenvalue weighted by Gasteiger charge is -2.41. The molecule has 6 heteroatoms. The van der Waals surface area contributed by atoms with E-state index in [1.165, 1.54) is 6.08 Å². The monoisotopic (exact) mass is 249 g/mol. The maximum atomic E-state index is 11.7. The molecule has 1 aromatic rings. The summed E-state index contributed by atoms with van der Waals surface area (Å²) >= 11 is 0. The van der Waals surface area contributed by atoms with Crippen molar-refractivity contribution in [2.75, 3.05) is 0 Å². The number of H-pyrrole nitrogens is 1. The standard InChI is InChI=1S/C12H15N3O3/c16-10(3-2-9-13-6-7-14-9)15-12(4-1-5-12)8-11(17)18/h2-3,6-7H,1,4-5,8H2,(H,13,14)(H,15,16)(H,17,18)/b3-2+. The van der Waals surface area contributed by atoms with Crippen LogP contribution in [-0.2, 0) is 9.59 Å². The van der Waals surface area contributed by atoms with Gasteiger partial charge in [0, 0.05) is 18.5 Å². The Hall–Kier alpha value is -2.11. The number of carboxylic acids is 1. The minimum absolute atomic E-state index is 0.0205. The minimum Gasteiger partial charge on any atom is -0.481 e. The molecule has 18 heavy (non-hydrogen) atoms. The lowest BCUT2D eigenvalue weighted by Crippen LogP contribution is -2.54. The Bertz CT molecular complexity index is 461. The molecule has 0 unspecified atom stereocenters. The minimum atomic E-state index is -0.884. The zero-order valence-electron chi connectivity index (χ0n) is 9.85. The molecule has 1 aliphatic carbocycles. The second kappa shape index (κ2) is 5.03. The third-order valence-electron chi connectivity index (χ3n) is 3.10. The number of carbonyl (C=O) groups excluding carboxylic acids is 1. The van der Waals surface area contributed by atoms with Crippen LogP contribution in [-0.4, -0.2) is 32.5 Å². The van der Waals surface area contributed by atoms with Gasteiger partial charge in [-0.05, 0) is 25.3 Å². The largest absolute Gasteiger partial charge is 0.481 e. The second-order valence-electron chi connectivity index (χ2n) is 4.50. The first-order chi connectivity index (χ1) is 8.60. The maximum Gasteiger partial charge on any atom is 0.305 e. The van der Waals surface area contributed by atoms with E-state index in [-0.39, 0.29) is 12.3 Å². The third-order valence-corrected chi connectivity index (χ3v) is 3.10. The van der Waals surface area contributed by atoms with Crippen molar-refractivity contribution in [1.29, 1.82) is 0 Å². The van der Waals surface area contributed by atoms with Gasteiger partial charge in [-0.15, -0.1) is 0 Å². The number of aromatic amines is 1. The number of hydrogen-bond donors (Lipinski definition) is 3. The smallest absolute Gasteiger partial charge is 0.305 e. The second-order valence-corrected chi connectivity index (χ2v) is 4.50. The fourth-order valence-electron chi connectivity index (χ4n) is 2.07. The molecule has 1 aliphatic rings. The average Bonchev–Trinajstić information content (AvgIpc) is 2.75. The molecule has 2 rings (SSSR count). The first kappa shape index (κ1) is 12.3. The summed E-state index contributed by atoms with van der Waals surface area (Å²) in [5.74, 6) is -0.580. The number of nitrogens with one attached hydrogen (secondary N) is 2. The SMILES string of the molecule is O=C(O)CC1(NC(=O)/C=C/c2ncc[nH]2)CCC1. The molecule has 0 aliphatic heterocycles. The van der Waals surface area contributed by atoms with Crippen LogP contribution in [0.2, 0.25) is 0 Å². The summed E-state index contributed by atoms with van der Waals surface area (Å²) in [6.45, 7) is 0. The van der Waals surface area contributed by atoms with Crippen molar-refractivity contribution in [3.05, 3.63) is 24.3 Å². The summed E-state index contributed by atoms with van der Waals surface area (Å²) in [6.07, 6.45) is 8.55. The van der Waals surface area contributed by atoms with Crippen molar-refractivity contribution in [3.8, 4) is 0 Å². The predicted octanol–water partition coefficient (Wildman–Crippen LogP) is 0.936. The molecule has 0 radical (unpaired) electrons. The van der Waals surface area contributed by atoms with Crippen molar-refractivity contribution >= 4 is 18.0 Å². The molecule has 0 saturated heterocycles. The summed E-state index contributed by atoms with van der Waals surface area (Å²) in [6, 6.07) is 0. The number of carboxylic acid groups (broad SMARTS) is 1. The normalized spacial score (nSPS) is 17.3. The Balaban J connectivity index is 1.92. The highest BCUT2D eigenvalue weighted by Gasteiger charge is 2.39. The van der Waals surface area contributed by atoms with E-state index < -0.39 is 11.5 Å². The Labute approximate surface area is 104 Å². The highest BCUT2D eigenvalue weighted by molar-refractivity contribution is 5.92. The van der Waals surface area contributed by atoms with Crippen molar-refractivity contribution < 1.29 is 14.7 Å². The Morgan fingerprint density at radius 1 is 1.56 bits per heavy atom. The van der Waals surface area contributed by atoms with E-state index >= 15 is 0 Å². The van der Waals surface area contributed by atoms with Gasteiger partial charge in [-0.2, -0.15) is 0 Å². The van der Waals surface area contributed by atoms with Gasteiger partial charge in [0.1, 0.15) is 5.82 Å². The van der Waals surface area contributed by atoms with Crippen LogP contribution >= 0.6 is 0 Å². The highest BCUT2D eigenvalue weighted by Crippen LogP contribution is 2.34. The van der Waals surface area contributed by atoms with E-state index in [1.807, 2.05) is 0 Å². The van der Waals surface area contributed by atoms with E-state index in [2.05, 4.69) is 15.3 Å². The summed E-state index contributed by atoms with van der Waals surface area (Å²) in [5.41, 5.74) is -0.559. The van der Waals surface area contributed by atoms with Crippen LogP contribution in [0.3, 0.4) is 0 Å². The topological polar surface area (TPSA) is 95.1 Å². The van der Waals surface area contributed by atoms with Gasteiger partial charge in [-0.1, -0.05) is 0 Å². The van der Waals surface area contributed by atoms with Crippen LogP contribution in [0.4, 0.5) is 0 Å². The average molecular weight is 249 g/mol. The van der Waals surface area contributed by atoms with Crippen LogP contribution in [0.25, 0.3) is 6.08 Å². The fraction of sp³-hybridized carbons (Fsp3) is 0.417. The molecular weight excluding hydrogens is 234 g/mol. The van der Waals surface area contributed by atoms with E-state index in [0.29, 0.717) is 5.82 Å². The molecule has 1 saturated carbocycles. The van der Waals surface area contributed by atoms with Gasteiger partial charge in [0.15, 0.2) is 0 Å². The summed E-state index contributed by atoms with van der Waals surface area (Å²) in [5, 5.41) is 11.6. The summed E-state index contributed by atoms with van der Waals surface area (Å²) in [7, 11) is 0. The molecule has 1 aromatic heterocycles. The number of nitrogens with zero attached hydrogens (tertiary/aromatic N) is 1. The molecule has 0 bridgehead atoms. The van der Waals surface area contributed by atoms with Crippen molar-refractivity contribution in [1.82, 2.24) is 15.3 Å². The predicted molar refractivity (Wildman–Crippen MR) is 64.6 cm³/mol. The molecule has 0 spiro atoms. The van der Waals surface area contributed by atoms with Gasteiger partial charge in [0.05, 0.1) is 12.0 Å². The summed E-state index contributed by atoms with van der Waals surface area (Å²) in [4.78, 5) is 29.2. The Kier molecular flexibility index (Phi) is 3.45. The molecule has 6 nitrogen and oxygen atoms in total. The van der Waals surface area contributed by atoms with Gasteiger partial charge >= 0.3 is 5.97 Å². The molecular formula is C12H15N3O3. The fourth-order valence-corrected chi connectivity index (χ4v) is 2.07. The molecule has 1 fully saturated rings. The van der Waals surface area contributed by atoms with Crippen molar-refractivity contribution in [2.45, 2.75) is 31.2 Å². The first-order valence-electron chi connectivity index (χ1n) is 5.81. The van der Waals surface area contributed by atoms with E-state index in [1.54, 1.807) is 18.5 Å². The molecule has 1 amide bonds. The third kappa shape index (κ3) is 2.97. The molecule has 96 valence electrons. The number of aliphatic carboxylic acids is 1. The van der Waals surface area contributed by atoms with E-state index in [4.69, 9.17) is 5.11 Å². The Morgan fingerprint density at radius 3 is 2.83 bits per heavy atom. The quantitative estimate of drug-likeness (QED) is 0.677. The van der Waals surface area contributed by atoms with Gasteiger partial charge in [0.2, 0.25) is 5.91 Å².